The summed E-state index contributed by atoms with van der Waals surface area (Å²) >= 11 is 0. The lowest BCUT2D eigenvalue weighted by Gasteiger charge is -1.98. The SMILES string of the molecule is Cc1nccc2[nH]c(=O)c(=O)[nH]c12. The zero-order valence-electron chi connectivity index (χ0n) is 6.92. The normalized spacial score (nSPS) is 10.5. The van der Waals surface area contributed by atoms with Gasteiger partial charge in [0.05, 0.1) is 16.7 Å². The number of aromatic amines is 2. The van der Waals surface area contributed by atoms with E-state index in [1.807, 2.05) is 0 Å². The minimum atomic E-state index is -0.649. The van der Waals surface area contributed by atoms with E-state index in [-0.39, 0.29) is 0 Å². The molecule has 2 rings (SSSR count). The number of hydrogen-bond donors (Lipinski definition) is 2. The minimum Gasteiger partial charge on any atom is -0.316 e. The van der Waals surface area contributed by atoms with Gasteiger partial charge in [-0.1, -0.05) is 0 Å². The molecule has 0 saturated heterocycles. The van der Waals surface area contributed by atoms with Crippen molar-refractivity contribution in [3.63, 3.8) is 0 Å². The molecule has 0 bridgehead atoms. The van der Waals surface area contributed by atoms with Crippen molar-refractivity contribution in [1.82, 2.24) is 15.0 Å². The molecule has 0 saturated carbocycles. The molecular formula is C8H7N3O2. The lowest BCUT2D eigenvalue weighted by molar-refractivity contribution is 1.11. The van der Waals surface area contributed by atoms with Crippen molar-refractivity contribution in [2.45, 2.75) is 6.92 Å². The zero-order valence-corrected chi connectivity index (χ0v) is 6.92. The van der Waals surface area contributed by atoms with Crippen LogP contribution in [0.1, 0.15) is 5.69 Å². The maximum atomic E-state index is 11.0. The Kier molecular flexibility index (Phi) is 1.51. The average Bonchev–Trinajstić information content (AvgIpc) is 2.09. The maximum Gasteiger partial charge on any atom is 0.314 e. The molecule has 5 heteroatoms. The Morgan fingerprint density at radius 2 is 1.92 bits per heavy atom. The monoisotopic (exact) mass is 177 g/mol. The van der Waals surface area contributed by atoms with E-state index in [0.29, 0.717) is 16.7 Å². The van der Waals surface area contributed by atoms with Gasteiger partial charge in [0.25, 0.3) is 0 Å². The summed E-state index contributed by atoms with van der Waals surface area (Å²) in [7, 11) is 0. The first-order chi connectivity index (χ1) is 6.18. The van der Waals surface area contributed by atoms with Gasteiger partial charge in [-0.25, -0.2) is 0 Å². The molecule has 0 aliphatic carbocycles. The summed E-state index contributed by atoms with van der Waals surface area (Å²) in [6.45, 7) is 1.76. The van der Waals surface area contributed by atoms with Crippen LogP contribution in [-0.2, 0) is 0 Å². The van der Waals surface area contributed by atoms with Gasteiger partial charge in [0, 0.05) is 6.20 Å². The fraction of sp³-hybridized carbons (Fsp3) is 0.125. The summed E-state index contributed by atoms with van der Waals surface area (Å²) in [5.41, 5.74) is 0.566. The van der Waals surface area contributed by atoms with Gasteiger partial charge >= 0.3 is 11.1 Å². The number of aryl methyl sites for hydroxylation is 1. The van der Waals surface area contributed by atoms with Gasteiger partial charge in [0.15, 0.2) is 0 Å². The van der Waals surface area contributed by atoms with Crippen molar-refractivity contribution < 1.29 is 0 Å². The van der Waals surface area contributed by atoms with Crippen molar-refractivity contribution >= 4 is 11.0 Å². The molecule has 0 aliphatic rings. The summed E-state index contributed by atoms with van der Waals surface area (Å²) in [6.07, 6.45) is 1.58. The molecule has 2 N–H and O–H groups in total. The molecule has 0 unspecified atom stereocenters. The van der Waals surface area contributed by atoms with E-state index in [1.54, 1.807) is 19.2 Å². The Morgan fingerprint density at radius 3 is 2.69 bits per heavy atom. The van der Waals surface area contributed by atoms with Crippen LogP contribution in [0.15, 0.2) is 21.9 Å². The minimum absolute atomic E-state index is 0.576. The number of hydrogen-bond acceptors (Lipinski definition) is 3. The van der Waals surface area contributed by atoms with Gasteiger partial charge in [-0.2, -0.15) is 0 Å². The number of H-pyrrole nitrogens is 2. The Hall–Kier alpha value is -1.91. The van der Waals surface area contributed by atoms with Crippen LogP contribution in [-0.4, -0.2) is 15.0 Å². The van der Waals surface area contributed by atoms with Gasteiger partial charge < -0.3 is 9.97 Å². The van der Waals surface area contributed by atoms with Gasteiger partial charge in [0.1, 0.15) is 0 Å². The molecule has 0 radical (unpaired) electrons. The number of rotatable bonds is 0. The Morgan fingerprint density at radius 1 is 1.23 bits per heavy atom. The molecule has 13 heavy (non-hydrogen) atoms. The highest BCUT2D eigenvalue weighted by molar-refractivity contribution is 5.75. The Bertz CT molecular complexity index is 567. The van der Waals surface area contributed by atoms with Crippen LogP contribution in [0.4, 0.5) is 0 Å². The van der Waals surface area contributed by atoms with Crippen molar-refractivity contribution in [3.05, 3.63) is 38.7 Å². The molecular weight excluding hydrogens is 170 g/mol. The predicted octanol–water partition coefficient (Wildman–Crippen LogP) is -0.0802. The van der Waals surface area contributed by atoms with E-state index in [1.165, 1.54) is 0 Å². The highest BCUT2D eigenvalue weighted by atomic mass is 16.2. The second kappa shape index (κ2) is 2.55. The lowest BCUT2D eigenvalue weighted by atomic mass is 10.3. The molecule has 0 aromatic carbocycles. The van der Waals surface area contributed by atoms with E-state index in [2.05, 4.69) is 15.0 Å². The third-order valence-electron chi connectivity index (χ3n) is 1.83. The molecule has 0 spiro atoms. The number of nitrogens with zero attached hydrogens (tertiary/aromatic N) is 1. The van der Waals surface area contributed by atoms with Gasteiger partial charge in [-0.3, -0.25) is 14.6 Å². The molecule has 2 aromatic heterocycles. The topological polar surface area (TPSA) is 78.6 Å². The molecule has 5 nitrogen and oxygen atoms in total. The second-order valence-electron chi connectivity index (χ2n) is 2.73. The Balaban J connectivity index is 3.06. The predicted molar refractivity (Wildman–Crippen MR) is 47.7 cm³/mol. The maximum absolute atomic E-state index is 11.0. The van der Waals surface area contributed by atoms with Crippen LogP contribution in [0.25, 0.3) is 11.0 Å². The van der Waals surface area contributed by atoms with Crippen molar-refractivity contribution in [2.75, 3.05) is 0 Å². The molecule has 2 heterocycles. The Labute approximate surface area is 72.5 Å². The number of fused-ring (bicyclic) bond motifs is 1. The number of pyridine rings is 1. The summed E-state index contributed by atoms with van der Waals surface area (Å²) in [5.74, 6) is 0. The smallest absolute Gasteiger partial charge is 0.314 e. The highest BCUT2D eigenvalue weighted by Gasteiger charge is 2.00. The van der Waals surface area contributed by atoms with E-state index in [0.717, 1.165) is 0 Å². The summed E-state index contributed by atoms with van der Waals surface area (Å²) in [4.78, 5) is 30.8. The van der Waals surface area contributed by atoms with Crippen molar-refractivity contribution in [2.24, 2.45) is 0 Å². The van der Waals surface area contributed by atoms with Gasteiger partial charge in [-0.05, 0) is 13.0 Å². The zero-order chi connectivity index (χ0) is 9.42. The standard InChI is InChI=1S/C8H7N3O2/c1-4-6-5(2-3-9-4)10-7(12)8(13)11-6/h2-3H,1H3,(H,10,12)(H,11,13). The first-order valence-electron chi connectivity index (χ1n) is 3.76. The van der Waals surface area contributed by atoms with E-state index < -0.39 is 11.1 Å². The summed E-state index contributed by atoms with van der Waals surface area (Å²) in [6, 6.07) is 1.64. The summed E-state index contributed by atoms with van der Waals surface area (Å²) < 4.78 is 0. The lowest BCUT2D eigenvalue weighted by Crippen LogP contribution is -2.29. The van der Waals surface area contributed by atoms with Crippen LogP contribution >= 0.6 is 0 Å². The van der Waals surface area contributed by atoms with E-state index in [9.17, 15) is 9.59 Å². The second-order valence-corrected chi connectivity index (χ2v) is 2.73. The van der Waals surface area contributed by atoms with Crippen LogP contribution in [0, 0.1) is 6.92 Å². The fourth-order valence-corrected chi connectivity index (χ4v) is 1.18. The van der Waals surface area contributed by atoms with Crippen molar-refractivity contribution in [3.8, 4) is 0 Å². The van der Waals surface area contributed by atoms with E-state index in [4.69, 9.17) is 0 Å². The van der Waals surface area contributed by atoms with Crippen LogP contribution in [0.2, 0.25) is 0 Å². The van der Waals surface area contributed by atoms with Crippen LogP contribution in [0.3, 0.4) is 0 Å². The van der Waals surface area contributed by atoms with Crippen LogP contribution < -0.4 is 11.1 Å². The van der Waals surface area contributed by atoms with Crippen molar-refractivity contribution in [1.29, 1.82) is 0 Å². The molecule has 0 fully saturated rings. The highest BCUT2D eigenvalue weighted by Crippen LogP contribution is 2.06. The third kappa shape index (κ3) is 1.14. The molecule has 0 aliphatic heterocycles. The molecule has 66 valence electrons. The number of nitrogens with one attached hydrogen (secondary N) is 2. The van der Waals surface area contributed by atoms with Gasteiger partial charge in [0.2, 0.25) is 0 Å². The fourth-order valence-electron chi connectivity index (χ4n) is 1.18. The summed E-state index contributed by atoms with van der Waals surface area (Å²) in [5, 5.41) is 0. The van der Waals surface area contributed by atoms with Gasteiger partial charge in [-0.15, -0.1) is 0 Å². The van der Waals surface area contributed by atoms with Crippen LogP contribution in [0.5, 0.6) is 0 Å². The average molecular weight is 177 g/mol. The largest absolute Gasteiger partial charge is 0.316 e. The first-order valence-corrected chi connectivity index (χ1v) is 3.76. The number of aromatic nitrogens is 3. The van der Waals surface area contributed by atoms with E-state index >= 15 is 0 Å². The molecule has 2 aromatic rings. The third-order valence-corrected chi connectivity index (χ3v) is 1.83. The quantitative estimate of drug-likeness (QED) is 0.552. The first kappa shape index (κ1) is 7.72. The molecule has 0 amide bonds. The molecule has 0 atom stereocenters.